The molecule has 0 aliphatic carbocycles. The lowest BCUT2D eigenvalue weighted by atomic mass is 9.94. The van der Waals surface area contributed by atoms with E-state index in [4.69, 9.17) is 4.74 Å². The summed E-state index contributed by atoms with van der Waals surface area (Å²) in [4.78, 5) is 0. The molecular formula is C12H26O. The van der Waals surface area contributed by atoms with Gasteiger partial charge in [-0.1, -0.05) is 40.5 Å². The highest BCUT2D eigenvalue weighted by Gasteiger charge is 2.23. The van der Waals surface area contributed by atoms with E-state index < -0.39 is 0 Å². The van der Waals surface area contributed by atoms with E-state index in [-0.39, 0.29) is 5.60 Å². The molecule has 0 atom stereocenters. The Morgan fingerprint density at radius 3 is 1.77 bits per heavy atom. The summed E-state index contributed by atoms with van der Waals surface area (Å²) in [6.07, 6.45) is 7.23. The smallest absolute Gasteiger partial charge is 0.0674 e. The van der Waals surface area contributed by atoms with Crippen molar-refractivity contribution < 1.29 is 4.74 Å². The van der Waals surface area contributed by atoms with Crippen LogP contribution in [0.5, 0.6) is 0 Å². The SMILES string of the molecule is CCCCCOC(CC)(CC)CC. The first-order chi connectivity index (χ1) is 6.24. The predicted molar refractivity (Wildman–Crippen MR) is 59.1 cm³/mol. The average Bonchev–Trinajstić information content (AvgIpc) is 2.20. The van der Waals surface area contributed by atoms with E-state index in [1.165, 1.54) is 19.3 Å². The highest BCUT2D eigenvalue weighted by molar-refractivity contribution is 4.75. The molecule has 0 rings (SSSR count). The van der Waals surface area contributed by atoms with Crippen molar-refractivity contribution in [3.8, 4) is 0 Å². The normalized spacial score (nSPS) is 12.0. The van der Waals surface area contributed by atoms with Crippen molar-refractivity contribution in [2.24, 2.45) is 0 Å². The fourth-order valence-corrected chi connectivity index (χ4v) is 1.70. The Morgan fingerprint density at radius 1 is 0.846 bits per heavy atom. The van der Waals surface area contributed by atoms with Crippen LogP contribution < -0.4 is 0 Å². The maximum atomic E-state index is 5.98. The summed E-state index contributed by atoms with van der Waals surface area (Å²) >= 11 is 0. The van der Waals surface area contributed by atoms with Crippen LogP contribution in [0.4, 0.5) is 0 Å². The molecular weight excluding hydrogens is 160 g/mol. The van der Waals surface area contributed by atoms with Crippen molar-refractivity contribution in [1.82, 2.24) is 0 Å². The molecule has 0 aromatic heterocycles. The maximum absolute atomic E-state index is 5.98. The molecule has 0 fully saturated rings. The second kappa shape index (κ2) is 7.37. The molecule has 0 N–H and O–H groups in total. The molecule has 1 nitrogen and oxygen atoms in total. The number of rotatable bonds is 8. The van der Waals surface area contributed by atoms with Crippen LogP contribution in [-0.2, 0) is 4.74 Å². The largest absolute Gasteiger partial charge is 0.375 e. The van der Waals surface area contributed by atoms with Crippen LogP contribution in [0.25, 0.3) is 0 Å². The van der Waals surface area contributed by atoms with Gasteiger partial charge in [-0.3, -0.25) is 0 Å². The Hall–Kier alpha value is -0.0400. The summed E-state index contributed by atoms with van der Waals surface area (Å²) in [6, 6.07) is 0. The molecule has 80 valence electrons. The summed E-state index contributed by atoms with van der Waals surface area (Å²) in [5.41, 5.74) is 0.174. The van der Waals surface area contributed by atoms with Gasteiger partial charge in [-0.15, -0.1) is 0 Å². The fraction of sp³-hybridized carbons (Fsp3) is 1.00. The standard InChI is InChI=1S/C12H26O/c1-5-9-10-11-13-12(6-2,7-3)8-4/h5-11H2,1-4H3. The molecule has 0 amide bonds. The third kappa shape index (κ3) is 4.66. The first-order valence-electron chi connectivity index (χ1n) is 5.88. The number of unbranched alkanes of at least 4 members (excludes halogenated alkanes) is 2. The molecule has 0 bridgehead atoms. The Morgan fingerprint density at radius 2 is 1.38 bits per heavy atom. The molecule has 0 heterocycles. The lowest BCUT2D eigenvalue weighted by Crippen LogP contribution is -2.30. The topological polar surface area (TPSA) is 9.23 Å². The zero-order valence-corrected chi connectivity index (χ0v) is 9.86. The van der Waals surface area contributed by atoms with Gasteiger partial charge in [0.2, 0.25) is 0 Å². The van der Waals surface area contributed by atoms with E-state index in [0.717, 1.165) is 25.9 Å². The van der Waals surface area contributed by atoms with Crippen molar-refractivity contribution in [3.05, 3.63) is 0 Å². The fourth-order valence-electron chi connectivity index (χ4n) is 1.70. The molecule has 0 saturated carbocycles. The first-order valence-corrected chi connectivity index (χ1v) is 5.88. The molecule has 0 spiro atoms. The minimum Gasteiger partial charge on any atom is -0.375 e. The van der Waals surface area contributed by atoms with Crippen molar-refractivity contribution in [1.29, 1.82) is 0 Å². The molecule has 0 saturated heterocycles. The quantitative estimate of drug-likeness (QED) is 0.517. The zero-order chi connectivity index (χ0) is 10.2. The third-order valence-corrected chi connectivity index (χ3v) is 3.09. The summed E-state index contributed by atoms with van der Waals surface area (Å²) in [7, 11) is 0. The van der Waals surface area contributed by atoms with E-state index in [1.54, 1.807) is 0 Å². The minimum absolute atomic E-state index is 0.174. The predicted octanol–water partition coefficient (Wildman–Crippen LogP) is 4.16. The summed E-state index contributed by atoms with van der Waals surface area (Å²) in [5.74, 6) is 0. The Bertz CT molecular complexity index is 97.4. The number of ether oxygens (including phenoxy) is 1. The van der Waals surface area contributed by atoms with Crippen LogP contribution in [0.1, 0.15) is 66.2 Å². The van der Waals surface area contributed by atoms with Gasteiger partial charge in [0.25, 0.3) is 0 Å². The molecule has 0 aromatic carbocycles. The summed E-state index contributed by atoms with van der Waals surface area (Å²) in [6.45, 7) is 9.86. The van der Waals surface area contributed by atoms with Gasteiger partial charge in [-0.05, 0) is 25.7 Å². The van der Waals surface area contributed by atoms with Gasteiger partial charge in [0.15, 0.2) is 0 Å². The van der Waals surface area contributed by atoms with Crippen LogP contribution in [0.2, 0.25) is 0 Å². The molecule has 0 aliphatic heterocycles. The highest BCUT2D eigenvalue weighted by atomic mass is 16.5. The average molecular weight is 186 g/mol. The van der Waals surface area contributed by atoms with E-state index in [2.05, 4.69) is 27.7 Å². The Kier molecular flexibility index (Phi) is 7.35. The van der Waals surface area contributed by atoms with Crippen LogP contribution in [0.3, 0.4) is 0 Å². The van der Waals surface area contributed by atoms with E-state index in [0.29, 0.717) is 0 Å². The number of hydrogen-bond acceptors (Lipinski definition) is 1. The van der Waals surface area contributed by atoms with Gasteiger partial charge in [0, 0.05) is 6.61 Å². The Balaban J connectivity index is 3.68. The molecule has 1 heteroatoms. The monoisotopic (exact) mass is 186 g/mol. The zero-order valence-electron chi connectivity index (χ0n) is 9.86. The lowest BCUT2D eigenvalue weighted by Gasteiger charge is -2.30. The Labute approximate surface area is 83.9 Å². The van der Waals surface area contributed by atoms with E-state index in [1.807, 2.05) is 0 Å². The summed E-state index contributed by atoms with van der Waals surface area (Å²) in [5, 5.41) is 0. The number of hydrogen-bond donors (Lipinski definition) is 0. The van der Waals surface area contributed by atoms with Gasteiger partial charge in [0.1, 0.15) is 0 Å². The molecule has 0 aromatic rings. The molecule has 0 aliphatic rings. The highest BCUT2D eigenvalue weighted by Crippen LogP contribution is 2.24. The maximum Gasteiger partial charge on any atom is 0.0674 e. The van der Waals surface area contributed by atoms with Crippen LogP contribution in [-0.4, -0.2) is 12.2 Å². The minimum atomic E-state index is 0.174. The van der Waals surface area contributed by atoms with Crippen LogP contribution in [0, 0.1) is 0 Å². The molecule has 0 radical (unpaired) electrons. The second-order valence-corrected chi connectivity index (χ2v) is 3.80. The summed E-state index contributed by atoms with van der Waals surface area (Å²) < 4.78 is 5.98. The van der Waals surface area contributed by atoms with Crippen molar-refractivity contribution in [3.63, 3.8) is 0 Å². The second-order valence-electron chi connectivity index (χ2n) is 3.80. The molecule has 0 unspecified atom stereocenters. The third-order valence-electron chi connectivity index (χ3n) is 3.09. The van der Waals surface area contributed by atoms with Gasteiger partial charge in [-0.25, -0.2) is 0 Å². The van der Waals surface area contributed by atoms with Gasteiger partial charge < -0.3 is 4.74 Å². The van der Waals surface area contributed by atoms with Crippen LogP contribution >= 0.6 is 0 Å². The molecule has 13 heavy (non-hydrogen) atoms. The van der Waals surface area contributed by atoms with Gasteiger partial charge in [0.05, 0.1) is 5.60 Å². The van der Waals surface area contributed by atoms with Crippen LogP contribution in [0.15, 0.2) is 0 Å². The first kappa shape index (κ1) is 13.0. The lowest BCUT2D eigenvalue weighted by molar-refractivity contribution is -0.0553. The van der Waals surface area contributed by atoms with Gasteiger partial charge in [-0.2, -0.15) is 0 Å². The van der Waals surface area contributed by atoms with Crippen molar-refractivity contribution in [2.75, 3.05) is 6.61 Å². The van der Waals surface area contributed by atoms with Gasteiger partial charge >= 0.3 is 0 Å². The van der Waals surface area contributed by atoms with E-state index >= 15 is 0 Å². The van der Waals surface area contributed by atoms with Crippen molar-refractivity contribution >= 4 is 0 Å². The van der Waals surface area contributed by atoms with Crippen molar-refractivity contribution in [2.45, 2.75) is 71.8 Å². The van der Waals surface area contributed by atoms with E-state index in [9.17, 15) is 0 Å².